The minimum absolute atomic E-state index is 0.613. The van der Waals surface area contributed by atoms with E-state index < -0.39 is 0 Å². The third-order valence-electron chi connectivity index (χ3n) is 2.76. The average Bonchev–Trinajstić information content (AvgIpc) is 2.76. The molecule has 2 N–H and O–H groups in total. The Kier molecular flexibility index (Phi) is 1.99. The van der Waals surface area contributed by atoms with Crippen LogP contribution < -0.4 is 10.6 Å². The summed E-state index contributed by atoms with van der Waals surface area (Å²) in [6.07, 6.45) is 6.97. The molecule has 0 unspecified atom stereocenters. The molecule has 82 valence electrons. The fraction of sp³-hybridized carbons (Fsp3) is 0.300. The van der Waals surface area contributed by atoms with E-state index in [9.17, 15) is 0 Å². The van der Waals surface area contributed by atoms with Crippen molar-refractivity contribution in [3.8, 4) is 0 Å². The minimum Gasteiger partial charge on any atom is -0.394 e. The number of rotatable bonds is 1. The van der Waals surface area contributed by atoms with Crippen LogP contribution in [0, 0.1) is 0 Å². The van der Waals surface area contributed by atoms with E-state index in [0.717, 1.165) is 31.3 Å². The highest BCUT2D eigenvalue weighted by atomic mass is 15.3. The first-order valence-corrected chi connectivity index (χ1v) is 5.15. The Morgan fingerprint density at radius 3 is 3.06 bits per heavy atom. The van der Waals surface area contributed by atoms with E-state index in [2.05, 4.69) is 24.4 Å². The maximum absolute atomic E-state index is 5.85. The molecule has 0 aliphatic carbocycles. The molecule has 0 atom stereocenters. The number of hydrogen-bond acceptors (Lipinski definition) is 5. The number of hydrogen-bond donors (Lipinski definition) is 1. The number of imidazole rings is 1. The van der Waals surface area contributed by atoms with E-state index in [4.69, 9.17) is 5.73 Å². The van der Waals surface area contributed by atoms with Gasteiger partial charge in [-0.05, 0) is 0 Å². The zero-order valence-electron chi connectivity index (χ0n) is 8.74. The molecule has 16 heavy (non-hydrogen) atoms. The number of anilines is 2. The van der Waals surface area contributed by atoms with Gasteiger partial charge in [-0.25, -0.2) is 15.0 Å². The molecule has 2 aromatic rings. The summed E-state index contributed by atoms with van der Waals surface area (Å²) in [5.74, 6) is 1.84. The van der Waals surface area contributed by atoms with Gasteiger partial charge in [0.05, 0.1) is 18.4 Å². The van der Waals surface area contributed by atoms with Crippen LogP contribution in [0.1, 0.15) is 5.82 Å². The lowest BCUT2D eigenvalue weighted by atomic mass is 10.3. The lowest BCUT2D eigenvalue weighted by Crippen LogP contribution is -2.34. The van der Waals surface area contributed by atoms with Crippen molar-refractivity contribution in [3.05, 3.63) is 30.7 Å². The molecule has 0 bridgehead atoms. The maximum atomic E-state index is 5.85. The number of nitrogens with two attached hydrogens (primary N) is 1. The summed E-state index contributed by atoms with van der Waals surface area (Å²) >= 11 is 0. The van der Waals surface area contributed by atoms with Gasteiger partial charge in [0.2, 0.25) is 0 Å². The van der Waals surface area contributed by atoms with Gasteiger partial charge in [-0.3, -0.25) is 0 Å². The topological polar surface area (TPSA) is 72.9 Å². The van der Waals surface area contributed by atoms with Crippen LogP contribution in [-0.2, 0) is 13.1 Å². The van der Waals surface area contributed by atoms with E-state index in [-0.39, 0.29) is 0 Å². The zero-order chi connectivity index (χ0) is 11.0. The molecule has 0 radical (unpaired) electrons. The molecule has 1 aliphatic heterocycles. The Morgan fingerprint density at radius 2 is 2.19 bits per heavy atom. The monoisotopic (exact) mass is 216 g/mol. The van der Waals surface area contributed by atoms with Crippen LogP contribution in [-0.4, -0.2) is 26.1 Å². The molecule has 0 fully saturated rings. The summed E-state index contributed by atoms with van der Waals surface area (Å²) in [6, 6.07) is 0. The summed E-state index contributed by atoms with van der Waals surface area (Å²) in [7, 11) is 0. The van der Waals surface area contributed by atoms with Gasteiger partial charge in [0, 0.05) is 25.5 Å². The molecule has 0 spiro atoms. The lowest BCUT2D eigenvalue weighted by molar-refractivity contribution is 0.556. The Labute approximate surface area is 92.8 Å². The summed E-state index contributed by atoms with van der Waals surface area (Å²) in [4.78, 5) is 14.5. The van der Waals surface area contributed by atoms with Crippen LogP contribution in [0.15, 0.2) is 24.9 Å². The highest BCUT2D eigenvalue weighted by Crippen LogP contribution is 2.22. The third-order valence-corrected chi connectivity index (χ3v) is 2.76. The summed E-state index contributed by atoms with van der Waals surface area (Å²) in [5, 5.41) is 0. The molecule has 0 saturated carbocycles. The Hall–Kier alpha value is -2.11. The van der Waals surface area contributed by atoms with E-state index in [1.807, 2.05) is 12.4 Å². The van der Waals surface area contributed by atoms with Gasteiger partial charge in [-0.2, -0.15) is 0 Å². The van der Waals surface area contributed by atoms with Crippen molar-refractivity contribution in [3.63, 3.8) is 0 Å². The molecule has 6 heteroatoms. The molecule has 0 amide bonds. The van der Waals surface area contributed by atoms with E-state index in [0.29, 0.717) is 5.69 Å². The normalized spacial score (nSPS) is 14.9. The van der Waals surface area contributed by atoms with Crippen LogP contribution in [0.5, 0.6) is 0 Å². The molecular formula is C10H12N6. The second-order valence-electron chi connectivity index (χ2n) is 3.76. The van der Waals surface area contributed by atoms with Crippen LogP contribution in [0.2, 0.25) is 0 Å². The average molecular weight is 216 g/mol. The van der Waals surface area contributed by atoms with Crippen LogP contribution in [0.4, 0.5) is 11.5 Å². The minimum atomic E-state index is 0.613. The molecule has 6 nitrogen and oxygen atoms in total. The first kappa shape index (κ1) is 9.14. The van der Waals surface area contributed by atoms with Gasteiger partial charge < -0.3 is 15.2 Å². The molecule has 3 heterocycles. The molecule has 0 aromatic carbocycles. The third kappa shape index (κ3) is 1.39. The van der Waals surface area contributed by atoms with Crippen molar-refractivity contribution in [2.45, 2.75) is 13.1 Å². The fourth-order valence-electron chi connectivity index (χ4n) is 1.95. The number of aromatic nitrogens is 4. The standard InChI is InChI=1S/C10H12N6/c11-8-5-12-7-14-10(8)16-4-3-15-2-1-13-9(15)6-16/h1-2,5,7H,3-4,6,11H2. The fourth-order valence-corrected chi connectivity index (χ4v) is 1.95. The van der Waals surface area contributed by atoms with Crippen LogP contribution in [0.25, 0.3) is 0 Å². The van der Waals surface area contributed by atoms with Gasteiger partial charge in [-0.1, -0.05) is 0 Å². The Morgan fingerprint density at radius 1 is 1.25 bits per heavy atom. The highest BCUT2D eigenvalue weighted by molar-refractivity contribution is 5.61. The molecular weight excluding hydrogens is 204 g/mol. The quantitative estimate of drug-likeness (QED) is 0.741. The largest absolute Gasteiger partial charge is 0.394 e. The number of nitrogens with zero attached hydrogens (tertiary/aromatic N) is 5. The van der Waals surface area contributed by atoms with Crippen molar-refractivity contribution >= 4 is 11.5 Å². The van der Waals surface area contributed by atoms with Gasteiger partial charge >= 0.3 is 0 Å². The summed E-state index contributed by atoms with van der Waals surface area (Å²) < 4.78 is 2.15. The van der Waals surface area contributed by atoms with Crippen molar-refractivity contribution < 1.29 is 0 Å². The first-order valence-electron chi connectivity index (χ1n) is 5.15. The van der Waals surface area contributed by atoms with E-state index in [1.165, 1.54) is 6.33 Å². The SMILES string of the molecule is Nc1cncnc1N1CCn2ccnc2C1. The number of nitrogen functional groups attached to an aromatic ring is 1. The number of fused-ring (bicyclic) bond motifs is 1. The van der Waals surface area contributed by atoms with Crippen LogP contribution in [0.3, 0.4) is 0 Å². The van der Waals surface area contributed by atoms with Gasteiger partial charge in [0.15, 0.2) is 5.82 Å². The lowest BCUT2D eigenvalue weighted by Gasteiger charge is -2.29. The molecule has 2 aromatic heterocycles. The first-order chi connectivity index (χ1) is 7.84. The van der Waals surface area contributed by atoms with Gasteiger partial charge in [0.25, 0.3) is 0 Å². The van der Waals surface area contributed by atoms with Gasteiger partial charge in [0.1, 0.15) is 12.2 Å². The van der Waals surface area contributed by atoms with Crippen molar-refractivity contribution in [2.24, 2.45) is 0 Å². The molecule has 1 aliphatic rings. The molecule has 0 saturated heterocycles. The van der Waals surface area contributed by atoms with Crippen molar-refractivity contribution in [2.75, 3.05) is 17.2 Å². The van der Waals surface area contributed by atoms with Crippen molar-refractivity contribution in [1.82, 2.24) is 19.5 Å². The second kappa shape index (κ2) is 3.48. The predicted octanol–water partition coefficient (Wildman–Crippen LogP) is 0.275. The summed E-state index contributed by atoms with van der Waals surface area (Å²) in [5.41, 5.74) is 6.47. The molecule has 3 rings (SSSR count). The second-order valence-corrected chi connectivity index (χ2v) is 3.76. The Balaban J connectivity index is 1.92. The van der Waals surface area contributed by atoms with Crippen molar-refractivity contribution in [1.29, 1.82) is 0 Å². The van der Waals surface area contributed by atoms with Crippen LogP contribution >= 0.6 is 0 Å². The van der Waals surface area contributed by atoms with E-state index >= 15 is 0 Å². The zero-order valence-corrected chi connectivity index (χ0v) is 8.74. The van der Waals surface area contributed by atoms with Gasteiger partial charge in [-0.15, -0.1) is 0 Å². The van der Waals surface area contributed by atoms with E-state index in [1.54, 1.807) is 6.20 Å². The predicted molar refractivity (Wildman–Crippen MR) is 59.7 cm³/mol. The Bertz CT molecular complexity index is 506. The highest BCUT2D eigenvalue weighted by Gasteiger charge is 2.19. The summed E-state index contributed by atoms with van der Waals surface area (Å²) in [6.45, 7) is 2.55. The maximum Gasteiger partial charge on any atom is 0.155 e. The smallest absolute Gasteiger partial charge is 0.155 e.